The van der Waals surface area contributed by atoms with Crippen LogP contribution in [0.25, 0.3) is 0 Å². The van der Waals surface area contributed by atoms with Gasteiger partial charge >= 0.3 is 0 Å². The molecule has 1 heterocycles. The van der Waals surface area contributed by atoms with Crippen LogP contribution in [0.3, 0.4) is 0 Å². The number of fused-ring (bicyclic) bond motifs is 1. The summed E-state index contributed by atoms with van der Waals surface area (Å²) < 4.78 is 5.29. The number of rotatable bonds is 5. The quantitative estimate of drug-likeness (QED) is 0.889. The molecule has 1 aromatic carbocycles. The van der Waals surface area contributed by atoms with Crippen LogP contribution in [0.2, 0.25) is 0 Å². The predicted molar refractivity (Wildman–Crippen MR) is 91.8 cm³/mol. The lowest BCUT2D eigenvalue weighted by Gasteiger charge is -2.36. The van der Waals surface area contributed by atoms with Crippen LogP contribution < -0.4 is 5.32 Å². The summed E-state index contributed by atoms with van der Waals surface area (Å²) in [4.78, 5) is 27.1. The van der Waals surface area contributed by atoms with Crippen LogP contribution in [-0.4, -0.2) is 49.6 Å². The fraction of sp³-hybridized carbons (Fsp3) is 0.579. The summed E-state index contributed by atoms with van der Waals surface area (Å²) in [6.07, 6.45) is 5.27. The Hall–Kier alpha value is -1.88. The van der Waals surface area contributed by atoms with Gasteiger partial charge in [0.1, 0.15) is 5.54 Å². The molecular formula is C19H26N2O3. The molecule has 3 rings (SSSR count). The Labute approximate surface area is 143 Å². The predicted octanol–water partition coefficient (Wildman–Crippen LogP) is 1.47. The van der Waals surface area contributed by atoms with Gasteiger partial charge in [-0.05, 0) is 48.8 Å². The average molecular weight is 330 g/mol. The number of nitrogens with zero attached hydrogens (tertiary/aromatic N) is 1. The van der Waals surface area contributed by atoms with Gasteiger partial charge in [0.15, 0.2) is 0 Å². The maximum Gasteiger partial charge on any atom is 0.248 e. The monoisotopic (exact) mass is 330 g/mol. The summed E-state index contributed by atoms with van der Waals surface area (Å²) in [5.74, 6) is -0.129. The van der Waals surface area contributed by atoms with Crippen molar-refractivity contribution in [2.24, 2.45) is 0 Å². The van der Waals surface area contributed by atoms with Crippen LogP contribution in [0.4, 0.5) is 0 Å². The van der Waals surface area contributed by atoms with Crippen LogP contribution in [0, 0.1) is 0 Å². The number of hydrogen-bond acceptors (Lipinski definition) is 3. The lowest BCUT2D eigenvalue weighted by molar-refractivity contribution is -0.147. The van der Waals surface area contributed by atoms with Crippen LogP contribution in [0.5, 0.6) is 0 Å². The highest BCUT2D eigenvalue weighted by Gasteiger charge is 2.49. The number of hydrogen-bond donors (Lipinski definition) is 1. The van der Waals surface area contributed by atoms with E-state index in [0.29, 0.717) is 19.4 Å². The minimum Gasteiger partial charge on any atom is -0.382 e. The highest BCUT2D eigenvalue weighted by molar-refractivity contribution is 5.92. The summed E-state index contributed by atoms with van der Waals surface area (Å²) in [7, 11) is 3.19. The highest BCUT2D eigenvalue weighted by atomic mass is 16.5. The Morgan fingerprint density at radius 2 is 2.04 bits per heavy atom. The lowest BCUT2D eigenvalue weighted by Crippen LogP contribution is -2.59. The molecule has 2 aliphatic rings. The highest BCUT2D eigenvalue weighted by Crippen LogP contribution is 2.31. The number of carbonyl (C=O) groups excluding carboxylic acids is 2. The fourth-order valence-corrected chi connectivity index (χ4v) is 4.17. The van der Waals surface area contributed by atoms with E-state index in [1.807, 2.05) is 0 Å². The van der Waals surface area contributed by atoms with Crippen LogP contribution in [0.1, 0.15) is 36.0 Å². The molecule has 1 unspecified atom stereocenters. The number of methoxy groups -OCH3 is 1. The van der Waals surface area contributed by atoms with Gasteiger partial charge < -0.3 is 15.0 Å². The standard InChI is InChI=1S/C19H26N2O3/c1-20-18(23)19(13-24-2)9-4-10-21(19)17(22)12-14-7-8-15-5-3-6-16(15)11-14/h7-8,11H,3-6,9-10,12-13H2,1-2H3,(H,20,23). The normalized spacial score (nSPS) is 22.5. The third-order valence-electron chi connectivity index (χ3n) is 5.34. The topological polar surface area (TPSA) is 58.6 Å². The third-order valence-corrected chi connectivity index (χ3v) is 5.34. The van der Waals surface area contributed by atoms with E-state index in [-0.39, 0.29) is 18.4 Å². The van der Waals surface area contributed by atoms with Crippen molar-refractivity contribution in [3.8, 4) is 0 Å². The molecule has 24 heavy (non-hydrogen) atoms. The van der Waals surface area contributed by atoms with Crippen molar-refractivity contribution >= 4 is 11.8 Å². The van der Waals surface area contributed by atoms with E-state index < -0.39 is 5.54 Å². The number of carbonyl (C=O) groups is 2. The Bertz CT molecular complexity index is 643. The minimum atomic E-state index is -0.864. The minimum absolute atomic E-state index is 0.00565. The van der Waals surface area contributed by atoms with Crippen LogP contribution in [0.15, 0.2) is 18.2 Å². The maximum atomic E-state index is 12.9. The third kappa shape index (κ3) is 2.93. The van der Waals surface area contributed by atoms with Gasteiger partial charge in [-0.25, -0.2) is 0 Å². The van der Waals surface area contributed by atoms with Crippen LogP contribution in [-0.2, 0) is 33.6 Å². The fourth-order valence-electron chi connectivity index (χ4n) is 4.17. The zero-order valence-electron chi connectivity index (χ0n) is 14.6. The number of nitrogens with one attached hydrogen (secondary N) is 1. The lowest BCUT2D eigenvalue weighted by atomic mass is 9.95. The zero-order chi connectivity index (χ0) is 17.2. The smallest absolute Gasteiger partial charge is 0.248 e. The molecule has 0 bridgehead atoms. The molecule has 2 amide bonds. The molecular weight excluding hydrogens is 304 g/mol. The summed E-state index contributed by atoms with van der Waals surface area (Å²) >= 11 is 0. The molecule has 130 valence electrons. The first-order chi connectivity index (χ1) is 11.6. The molecule has 1 aliphatic heterocycles. The number of ether oxygens (including phenoxy) is 1. The Morgan fingerprint density at radius 3 is 2.79 bits per heavy atom. The Balaban J connectivity index is 1.79. The van der Waals surface area contributed by atoms with E-state index in [1.54, 1.807) is 19.1 Å². The van der Waals surface area contributed by atoms with Crippen molar-refractivity contribution in [1.29, 1.82) is 0 Å². The molecule has 1 N–H and O–H groups in total. The van der Waals surface area contributed by atoms with E-state index in [1.165, 1.54) is 17.5 Å². The van der Waals surface area contributed by atoms with Crippen LogP contribution >= 0.6 is 0 Å². The van der Waals surface area contributed by atoms with Crippen molar-refractivity contribution in [2.45, 2.75) is 44.1 Å². The molecule has 0 saturated carbocycles. The van der Waals surface area contributed by atoms with Crippen molar-refractivity contribution in [3.63, 3.8) is 0 Å². The SMILES string of the molecule is CNC(=O)C1(COC)CCCN1C(=O)Cc1ccc2c(c1)CCC2. The van der Waals surface area contributed by atoms with E-state index >= 15 is 0 Å². The summed E-state index contributed by atoms with van der Waals surface area (Å²) in [6.45, 7) is 0.850. The second-order valence-corrected chi connectivity index (χ2v) is 6.83. The molecule has 1 aromatic rings. The molecule has 0 aromatic heterocycles. The molecule has 1 saturated heterocycles. The summed E-state index contributed by atoms with van der Waals surface area (Å²) in [5.41, 5.74) is 2.95. The van der Waals surface area contributed by atoms with Gasteiger partial charge in [0.2, 0.25) is 11.8 Å². The van der Waals surface area contributed by atoms with E-state index in [9.17, 15) is 9.59 Å². The zero-order valence-corrected chi connectivity index (χ0v) is 14.6. The largest absolute Gasteiger partial charge is 0.382 e. The average Bonchev–Trinajstić information content (AvgIpc) is 3.21. The van der Waals surface area contributed by atoms with Crippen molar-refractivity contribution in [3.05, 3.63) is 34.9 Å². The Kier molecular flexibility index (Phi) is 4.90. The van der Waals surface area contributed by atoms with Gasteiger partial charge in [0.05, 0.1) is 13.0 Å². The van der Waals surface area contributed by atoms with E-state index in [2.05, 4.69) is 23.5 Å². The Morgan fingerprint density at radius 1 is 1.25 bits per heavy atom. The first-order valence-corrected chi connectivity index (χ1v) is 8.73. The number of likely N-dealkylation sites (N-methyl/N-ethyl adjacent to an activating group) is 1. The van der Waals surface area contributed by atoms with Gasteiger partial charge in [0, 0.05) is 20.7 Å². The molecule has 5 heteroatoms. The molecule has 1 fully saturated rings. The first-order valence-electron chi connectivity index (χ1n) is 8.73. The van der Waals surface area contributed by atoms with Crippen molar-refractivity contribution in [1.82, 2.24) is 10.2 Å². The molecule has 0 spiro atoms. The molecule has 0 radical (unpaired) electrons. The van der Waals surface area contributed by atoms with Crippen molar-refractivity contribution in [2.75, 3.05) is 27.3 Å². The van der Waals surface area contributed by atoms with E-state index in [4.69, 9.17) is 4.74 Å². The maximum absolute atomic E-state index is 12.9. The molecule has 1 aliphatic carbocycles. The van der Waals surface area contributed by atoms with Gasteiger partial charge in [-0.1, -0.05) is 18.2 Å². The summed E-state index contributed by atoms with van der Waals surface area (Å²) in [6, 6.07) is 6.36. The van der Waals surface area contributed by atoms with E-state index in [0.717, 1.165) is 24.8 Å². The summed E-state index contributed by atoms with van der Waals surface area (Å²) in [5, 5.41) is 2.70. The number of likely N-dealkylation sites (tertiary alicyclic amines) is 1. The van der Waals surface area contributed by atoms with Gasteiger partial charge in [-0.15, -0.1) is 0 Å². The van der Waals surface area contributed by atoms with Gasteiger partial charge in [-0.3, -0.25) is 9.59 Å². The van der Waals surface area contributed by atoms with Gasteiger partial charge in [-0.2, -0.15) is 0 Å². The number of aryl methyl sites for hydroxylation is 2. The van der Waals surface area contributed by atoms with Gasteiger partial charge in [0.25, 0.3) is 0 Å². The molecule has 5 nitrogen and oxygen atoms in total. The van der Waals surface area contributed by atoms with Crippen molar-refractivity contribution < 1.29 is 14.3 Å². The number of benzene rings is 1. The first kappa shape index (κ1) is 17.0. The second kappa shape index (κ2) is 6.93. The second-order valence-electron chi connectivity index (χ2n) is 6.83. The number of amides is 2. The molecule has 1 atom stereocenters.